The number of hydrogen-bond acceptors (Lipinski definition) is 2. The van der Waals surface area contributed by atoms with Gasteiger partial charge in [0.05, 0.1) is 5.56 Å². The first-order valence-electron chi connectivity index (χ1n) is 4.31. The third-order valence-corrected chi connectivity index (χ3v) is 1.68. The van der Waals surface area contributed by atoms with Crippen molar-refractivity contribution >= 4 is 5.97 Å². The first-order chi connectivity index (χ1) is 6.93. The van der Waals surface area contributed by atoms with Gasteiger partial charge >= 0.3 is 12.1 Å². The van der Waals surface area contributed by atoms with E-state index < -0.39 is 17.7 Å². The van der Waals surface area contributed by atoms with Crippen LogP contribution in [0.3, 0.4) is 0 Å². The summed E-state index contributed by atoms with van der Waals surface area (Å²) in [4.78, 5) is 10.8. The molecule has 0 aliphatic carbocycles. The molecule has 0 atom stereocenters. The molecule has 1 aromatic rings. The molecule has 0 aliphatic rings. The second kappa shape index (κ2) is 4.33. The molecule has 0 radical (unpaired) electrons. The molecule has 0 aromatic heterocycles. The van der Waals surface area contributed by atoms with Crippen molar-refractivity contribution in [3.8, 4) is 5.75 Å². The smallest absolute Gasteiger partial charge is 0.416 e. The van der Waals surface area contributed by atoms with Gasteiger partial charge in [0.15, 0.2) is 0 Å². The van der Waals surface area contributed by atoms with E-state index in [4.69, 9.17) is 0 Å². The Kier molecular flexibility index (Phi) is 3.34. The Morgan fingerprint density at radius 1 is 1.40 bits per heavy atom. The number of carbonyl (C=O) groups excluding carboxylic acids is 1. The molecular formula is C10H9F3O2. The highest BCUT2D eigenvalue weighted by atomic mass is 19.4. The predicted octanol–water partition coefficient (Wildman–Crippen LogP) is 3.02. The van der Waals surface area contributed by atoms with Gasteiger partial charge in [0, 0.05) is 6.42 Å². The van der Waals surface area contributed by atoms with Crippen LogP contribution in [0.4, 0.5) is 13.2 Å². The van der Waals surface area contributed by atoms with E-state index >= 15 is 0 Å². The van der Waals surface area contributed by atoms with E-state index in [-0.39, 0.29) is 12.2 Å². The van der Waals surface area contributed by atoms with Gasteiger partial charge in [-0.3, -0.25) is 4.79 Å². The molecule has 0 spiro atoms. The molecule has 1 aromatic carbocycles. The van der Waals surface area contributed by atoms with E-state index in [1.54, 1.807) is 6.92 Å². The van der Waals surface area contributed by atoms with E-state index in [1.165, 1.54) is 12.1 Å². The number of ether oxygens (including phenoxy) is 1. The highest BCUT2D eigenvalue weighted by Crippen LogP contribution is 2.31. The van der Waals surface area contributed by atoms with Gasteiger partial charge in [0.25, 0.3) is 0 Å². The third-order valence-electron chi connectivity index (χ3n) is 1.68. The maximum atomic E-state index is 12.2. The SMILES string of the molecule is CCC(=O)Oc1cccc(C(F)(F)F)c1. The molecule has 0 saturated heterocycles. The van der Waals surface area contributed by atoms with Crippen molar-refractivity contribution in [2.75, 3.05) is 0 Å². The molecule has 0 N–H and O–H groups in total. The maximum absolute atomic E-state index is 12.2. The standard InChI is InChI=1S/C10H9F3O2/c1-2-9(14)15-8-5-3-4-7(6-8)10(11,12)13/h3-6H,2H2,1H3. The number of benzene rings is 1. The third kappa shape index (κ3) is 3.27. The molecule has 15 heavy (non-hydrogen) atoms. The van der Waals surface area contributed by atoms with Crippen LogP contribution in [0.15, 0.2) is 24.3 Å². The number of carbonyl (C=O) groups is 1. The Balaban J connectivity index is 2.88. The van der Waals surface area contributed by atoms with Crippen LogP contribution >= 0.6 is 0 Å². The summed E-state index contributed by atoms with van der Waals surface area (Å²) >= 11 is 0. The van der Waals surface area contributed by atoms with Gasteiger partial charge in [-0.05, 0) is 18.2 Å². The first kappa shape index (κ1) is 11.6. The van der Waals surface area contributed by atoms with Gasteiger partial charge in [-0.25, -0.2) is 0 Å². The van der Waals surface area contributed by atoms with E-state index in [9.17, 15) is 18.0 Å². The Labute approximate surface area is 84.7 Å². The van der Waals surface area contributed by atoms with E-state index in [0.717, 1.165) is 12.1 Å². The molecule has 0 fully saturated rings. The molecule has 2 nitrogen and oxygen atoms in total. The fraction of sp³-hybridized carbons (Fsp3) is 0.300. The Morgan fingerprint density at radius 2 is 2.07 bits per heavy atom. The Bertz CT molecular complexity index is 358. The van der Waals surface area contributed by atoms with Crippen LogP contribution in [0.1, 0.15) is 18.9 Å². The molecule has 0 heterocycles. The summed E-state index contributed by atoms with van der Waals surface area (Å²) in [5.74, 6) is -0.647. The van der Waals surface area contributed by atoms with Crippen LogP contribution in [0.2, 0.25) is 0 Å². The van der Waals surface area contributed by atoms with Crippen LogP contribution in [-0.4, -0.2) is 5.97 Å². The van der Waals surface area contributed by atoms with Crippen molar-refractivity contribution in [3.63, 3.8) is 0 Å². The highest BCUT2D eigenvalue weighted by molar-refractivity contribution is 5.71. The molecule has 82 valence electrons. The summed E-state index contributed by atoms with van der Waals surface area (Å²) in [6, 6.07) is 4.22. The van der Waals surface area contributed by atoms with Crippen molar-refractivity contribution in [2.45, 2.75) is 19.5 Å². The Morgan fingerprint density at radius 3 is 2.60 bits per heavy atom. The van der Waals surface area contributed by atoms with Crippen molar-refractivity contribution in [2.24, 2.45) is 0 Å². The number of hydrogen-bond donors (Lipinski definition) is 0. The quantitative estimate of drug-likeness (QED) is 0.563. The van der Waals surface area contributed by atoms with E-state index in [2.05, 4.69) is 4.74 Å². The van der Waals surface area contributed by atoms with Crippen LogP contribution < -0.4 is 4.74 Å². The zero-order valence-electron chi connectivity index (χ0n) is 7.97. The van der Waals surface area contributed by atoms with Crippen molar-refractivity contribution in [3.05, 3.63) is 29.8 Å². The lowest BCUT2D eigenvalue weighted by atomic mass is 10.2. The largest absolute Gasteiger partial charge is 0.427 e. The highest BCUT2D eigenvalue weighted by Gasteiger charge is 2.30. The molecule has 0 bridgehead atoms. The molecule has 0 aliphatic heterocycles. The summed E-state index contributed by atoms with van der Waals surface area (Å²) in [5, 5.41) is 0. The number of halogens is 3. The molecule has 0 amide bonds. The topological polar surface area (TPSA) is 26.3 Å². The molecule has 0 saturated carbocycles. The summed E-state index contributed by atoms with van der Waals surface area (Å²) in [7, 11) is 0. The van der Waals surface area contributed by atoms with Crippen molar-refractivity contribution in [1.29, 1.82) is 0 Å². The summed E-state index contributed by atoms with van der Waals surface area (Å²) in [6.45, 7) is 1.57. The van der Waals surface area contributed by atoms with E-state index in [1.807, 2.05) is 0 Å². The van der Waals surface area contributed by atoms with Crippen molar-refractivity contribution in [1.82, 2.24) is 0 Å². The van der Waals surface area contributed by atoms with Crippen molar-refractivity contribution < 1.29 is 22.7 Å². The van der Waals surface area contributed by atoms with Crippen LogP contribution in [0, 0.1) is 0 Å². The van der Waals surface area contributed by atoms with Crippen LogP contribution in [-0.2, 0) is 11.0 Å². The predicted molar refractivity (Wildman–Crippen MR) is 47.4 cm³/mol. The normalized spacial score (nSPS) is 11.2. The number of esters is 1. The summed E-state index contributed by atoms with van der Waals surface area (Å²) in [5.41, 5.74) is -0.830. The van der Waals surface area contributed by atoms with Gasteiger partial charge in [-0.15, -0.1) is 0 Å². The minimum Gasteiger partial charge on any atom is -0.427 e. The van der Waals surface area contributed by atoms with Gasteiger partial charge in [0.2, 0.25) is 0 Å². The average molecular weight is 218 g/mol. The lowest BCUT2D eigenvalue weighted by Gasteiger charge is -2.08. The van der Waals surface area contributed by atoms with Gasteiger partial charge in [-0.2, -0.15) is 13.2 Å². The summed E-state index contributed by atoms with van der Waals surface area (Å²) < 4.78 is 41.4. The lowest BCUT2D eigenvalue weighted by molar-refractivity contribution is -0.139. The zero-order valence-corrected chi connectivity index (χ0v) is 7.97. The second-order valence-corrected chi connectivity index (χ2v) is 2.85. The fourth-order valence-electron chi connectivity index (χ4n) is 0.940. The zero-order chi connectivity index (χ0) is 11.5. The average Bonchev–Trinajstić information content (AvgIpc) is 2.17. The van der Waals surface area contributed by atoms with Gasteiger partial charge in [0.1, 0.15) is 5.75 Å². The molecule has 0 unspecified atom stereocenters. The van der Waals surface area contributed by atoms with Gasteiger partial charge in [-0.1, -0.05) is 13.0 Å². The molecule has 5 heteroatoms. The van der Waals surface area contributed by atoms with Crippen LogP contribution in [0.25, 0.3) is 0 Å². The second-order valence-electron chi connectivity index (χ2n) is 2.85. The fourth-order valence-corrected chi connectivity index (χ4v) is 0.940. The molecule has 1 rings (SSSR count). The molecular weight excluding hydrogens is 209 g/mol. The monoisotopic (exact) mass is 218 g/mol. The minimum absolute atomic E-state index is 0.0864. The van der Waals surface area contributed by atoms with Gasteiger partial charge < -0.3 is 4.74 Å². The minimum atomic E-state index is -4.42. The summed E-state index contributed by atoms with van der Waals surface area (Å²) in [6.07, 6.45) is -4.30. The first-order valence-corrected chi connectivity index (χ1v) is 4.31. The number of rotatable bonds is 2. The Hall–Kier alpha value is -1.52. The number of alkyl halides is 3. The lowest BCUT2D eigenvalue weighted by Crippen LogP contribution is -2.08. The van der Waals surface area contributed by atoms with E-state index in [0.29, 0.717) is 0 Å². The van der Waals surface area contributed by atoms with Crippen LogP contribution in [0.5, 0.6) is 5.75 Å². The maximum Gasteiger partial charge on any atom is 0.416 e.